The molecule has 0 aliphatic rings. The van der Waals surface area contributed by atoms with Crippen molar-refractivity contribution in [3.8, 4) is 0 Å². The predicted octanol–water partition coefficient (Wildman–Crippen LogP) is 1.18. The van der Waals surface area contributed by atoms with Gasteiger partial charge in [0.15, 0.2) is 0 Å². The van der Waals surface area contributed by atoms with Crippen molar-refractivity contribution in [2.45, 2.75) is 26.3 Å². The Balaban J connectivity index is 2.20. The molecule has 0 saturated heterocycles. The quantitative estimate of drug-likeness (QED) is 0.528. The summed E-state index contributed by atoms with van der Waals surface area (Å²) in [5.74, 6) is -0.872. The summed E-state index contributed by atoms with van der Waals surface area (Å²) in [7, 11) is 1.53. The Morgan fingerprint density at radius 2 is 2.16 bits per heavy atom. The largest absolute Gasteiger partial charge is 0.462 e. The number of methoxy groups -OCH3 is 1. The first kappa shape index (κ1) is 19.1. The highest BCUT2D eigenvalue weighted by atomic mass is 32.1. The van der Waals surface area contributed by atoms with Crippen molar-refractivity contribution in [3.63, 3.8) is 0 Å². The minimum atomic E-state index is -0.541. The Bertz CT molecular complexity index is 799. The van der Waals surface area contributed by atoms with Crippen LogP contribution in [-0.4, -0.2) is 48.3 Å². The van der Waals surface area contributed by atoms with Gasteiger partial charge in [0.2, 0.25) is 5.91 Å². The first-order chi connectivity index (χ1) is 12.1. The lowest BCUT2D eigenvalue weighted by Crippen LogP contribution is -2.34. The zero-order valence-corrected chi connectivity index (χ0v) is 15.1. The zero-order chi connectivity index (χ0) is 18.2. The Morgan fingerprint density at radius 3 is 2.88 bits per heavy atom. The lowest BCUT2D eigenvalue weighted by Gasteiger charge is -2.07. The molecule has 1 amide bonds. The van der Waals surface area contributed by atoms with Gasteiger partial charge < -0.3 is 14.8 Å². The Hall–Kier alpha value is -2.26. The van der Waals surface area contributed by atoms with E-state index in [-0.39, 0.29) is 23.4 Å². The fourth-order valence-electron chi connectivity index (χ4n) is 2.12. The van der Waals surface area contributed by atoms with Gasteiger partial charge >= 0.3 is 5.97 Å². The van der Waals surface area contributed by atoms with Gasteiger partial charge in [-0.3, -0.25) is 14.2 Å². The van der Waals surface area contributed by atoms with Crippen LogP contribution in [0.2, 0.25) is 0 Å². The van der Waals surface area contributed by atoms with Gasteiger partial charge in [0.1, 0.15) is 11.4 Å². The molecule has 8 nitrogen and oxygen atoms in total. The maximum atomic E-state index is 12.6. The number of carbonyl (C=O) groups excluding carboxylic acids is 2. The normalized spacial score (nSPS) is 10.8. The zero-order valence-electron chi connectivity index (χ0n) is 14.2. The summed E-state index contributed by atoms with van der Waals surface area (Å²) < 4.78 is 11.2. The second-order valence-electron chi connectivity index (χ2n) is 5.34. The van der Waals surface area contributed by atoms with Crippen LogP contribution >= 0.6 is 11.3 Å². The molecule has 2 aromatic heterocycles. The number of hydrogen-bond acceptors (Lipinski definition) is 7. The van der Waals surface area contributed by atoms with Gasteiger partial charge in [0, 0.05) is 19.0 Å². The molecule has 2 aromatic rings. The Morgan fingerprint density at radius 1 is 1.36 bits per heavy atom. The first-order valence-electron chi connectivity index (χ1n) is 7.97. The molecule has 0 saturated carbocycles. The lowest BCUT2D eigenvalue weighted by atomic mass is 10.2. The summed E-state index contributed by atoms with van der Waals surface area (Å²) in [6.45, 7) is 2.87. The van der Waals surface area contributed by atoms with Gasteiger partial charge in [-0.1, -0.05) is 13.3 Å². The van der Waals surface area contributed by atoms with Crippen molar-refractivity contribution in [1.82, 2.24) is 14.9 Å². The van der Waals surface area contributed by atoms with E-state index in [1.165, 1.54) is 29.3 Å². The number of rotatable bonds is 9. The highest BCUT2D eigenvalue weighted by molar-refractivity contribution is 7.17. The van der Waals surface area contributed by atoms with Crippen LogP contribution in [0.5, 0.6) is 0 Å². The van der Waals surface area contributed by atoms with Gasteiger partial charge in [-0.25, -0.2) is 9.78 Å². The average Bonchev–Trinajstić information content (AvgIpc) is 3.03. The van der Waals surface area contributed by atoms with E-state index in [9.17, 15) is 14.4 Å². The molecule has 0 spiro atoms. The van der Waals surface area contributed by atoms with Gasteiger partial charge in [-0.05, 0) is 6.42 Å². The third-order valence-corrected chi connectivity index (χ3v) is 4.34. The number of unbranched alkanes of at least 4 members (excludes halogenated alkanes) is 1. The van der Waals surface area contributed by atoms with Crippen LogP contribution in [0.25, 0.3) is 10.2 Å². The predicted molar refractivity (Wildman–Crippen MR) is 94.0 cm³/mol. The molecule has 0 radical (unpaired) electrons. The summed E-state index contributed by atoms with van der Waals surface area (Å²) in [4.78, 5) is 41.3. The van der Waals surface area contributed by atoms with Crippen LogP contribution in [0.1, 0.15) is 30.1 Å². The van der Waals surface area contributed by atoms with Crippen molar-refractivity contribution in [3.05, 3.63) is 27.6 Å². The van der Waals surface area contributed by atoms with Gasteiger partial charge in [-0.15, -0.1) is 11.3 Å². The number of aromatic nitrogens is 2. The Labute approximate surface area is 148 Å². The number of esters is 1. The summed E-state index contributed by atoms with van der Waals surface area (Å²) in [6.07, 6.45) is 2.98. The fraction of sp³-hybridized carbons (Fsp3) is 0.500. The molecule has 136 valence electrons. The molecule has 2 heterocycles. The SMILES string of the molecule is CCCCOC(=O)c1csc2ncn(CC(=O)NCCOC)c(=O)c12. The Kier molecular flexibility index (Phi) is 7.08. The number of ether oxygens (including phenoxy) is 2. The second kappa shape index (κ2) is 9.28. The van der Waals surface area contributed by atoms with Crippen molar-refractivity contribution >= 4 is 33.4 Å². The summed E-state index contributed by atoms with van der Waals surface area (Å²) in [5, 5.41) is 4.39. The van der Waals surface area contributed by atoms with E-state index < -0.39 is 11.5 Å². The van der Waals surface area contributed by atoms with Crippen molar-refractivity contribution in [1.29, 1.82) is 0 Å². The molecule has 0 unspecified atom stereocenters. The van der Waals surface area contributed by atoms with Crippen LogP contribution in [0.3, 0.4) is 0 Å². The number of nitrogens with one attached hydrogen (secondary N) is 1. The van der Waals surface area contributed by atoms with E-state index in [4.69, 9.17) is 9.47 Å². The molecular weight excluding hydrogens is 346 g/mol. The maximum absolute atomic E-state index is 12.6. The molecule has 0 fully saturated rings. The van der Waals surface area contributed by atoms with Crippen LogP contribution in [-0.2, 0) is 20.8 Å². The molecule has 0 aliphatic heterocycles. The van der Waals surface area contributed by atoms with Crippen LogP contribution in [0, 0.1) is 0 Å². The standard InChI is InChI=1S/C16H21N3O5S/c1-3-4-6-24-16(22)11-9-25-14-13(11)15(21)19(10-18-14)8-12(20)17-5-7-23-2/h9-10H,3-8H2,1-2H3,(H,17,20). The molecule has 0 aromatic carbocycles. The minimum Gasteiger partial charge on any atom is -0.462 e. The fourth-order valence-corrected chi connectivity index (χ4v) is 2.99. The average molecular weight is 367 g/mol. The number of hydrogen-bond donors (Lipinski definition) is 1. The molecule has 9 heteroatoms. The van der Waals surface area contributed by atoms with Crippen LogP contribution in [0.15, 0.2) is 16.5 Å². The number of amides is 1. The molecule has 0 atom stereocenters. The van der Waals surface area contributed by atoms with E-state index in [2.05, 4.69) is 10.3 Å². The summed E-state index contributed by atoms with van der Waals surface area (Å²) in [6, 6.07) is 0. The molecule has 0 bridgehead atoms. The molecule has 1 N–H and O–H groups in total. The van der Waals surface area contributed by atoms with E-state index in [1.54, 1.807) is 5.38 Å². The first-order valence-corrected chi connectivity index (χ1v) is 8.85. The van der Waals surface area contributed by atoms with Gasteiger partial charge in [0.05, 0.1) is 30.5 Å². The minimum absolute atomic E-state index is 0.175. The number of carbonyl (C=O) groups is 2. The third kappa shape index (κ3) is 4.86. The van der Waals surface area contributed by atoms with Crippen molar-refractivity contribution in [2.24, 2.45) is 0 Å². The highest BCUT2D eigenvalue weighted by Crippen LogP contribution is 2.21. The lowest BCUT2D eigenvalue weighted by molar-refractivity contribution is -0.121. The van der Waals surface area contributed by atoms with Crippen LogP contribution in [0.4, 0.5) is 0 Å². The molecular formula is C16H21N3O5S. The number of nitrogens with zero attached hydrogens (tertiary/aromatic N) is 2. The van der Waals surface area contributed by atoms with Crippen molar-refractivity contribution in [2.75, 3.05) is 26.9 Å². The third-order valence-electron chi connectivity index (χ3n) is 3.45. The topological polar surface area (TPSA) is 99.5 Å². The smallest absolute Gasteiger partial charge is 0.339 e. The highest BCUT2D eigenvalue weighted by Gasteiger charge is 2.19. The van der Waals surface area contributed by atoms with E-state index in [1.807, 2.05) is 6.92 Å². The summed E-state index contributed by atoms with van der Waals surface area (Å²) in [5.41, 5.74) is -0.238. The van der Waals surface area contributed by atoms with E-state index in [0.717, 1.165) is 12.8 Å². The van der Waals surface area contributed by atoms with Crippen molar-refractivity contribution < 1.29 is 19.1 Å². The van der Waals surface area contributed by atoms with E-state index >= 15 is 0 Å². The van der Waals surface area contributed by atoms with Gasteiger partial charge in [0.25, 0.3) is 5.56 Å². The monoisotopic (exact) mass is 367 g/mol. The maximum Gasteiger partial charge on any atom is 0.339 e. The van der Waals surface area contributed by atoms with Crippen LogP contribution < -0.4 is 10.9 Å². The second-order valence-corrected chi connectivity index (χ2v) is 6.20. The number of fused-ring (bicyclic) bond motifs is 1. The molecule has 2 rings (SSSR count). The summed E-state index contributed by atoms with van der Waals surface area (Å²) >= 11 is 1.20. The van der Waals surface area contributed by atoms with E-state index in [0.29, 0.717) is 24.6 Å². The van der Waals surface area contributed by atoms with Gasteiger partial charge in [-0.2, -0.15) is 0 Å². The molecule has 25 heavy (non-hydrogen) atoms. The molecule has 0 aliphatic carbocycles. The number of thiophene rings is 1.